The maximum Gasteiger partial charge on any atom is 0.356 e. The van der Waals surface area contributed by atoms with E-state index < -0.39 is 11.8 Å². The summed E-state index contributed by atoms with van der Waals surface area (Å²) in [5, 5.41) is 12.3. The topological polar surface area (TPSA) is 66.6 Å². The monoisotopic (exact) mass is 305 g/mol. The molecule has 0 aliphatic heterocycles. The van der Waals surface area contributed by atoms with Crippen molar-refractivity contribution in [3.8, 4) is 0 Å². The first-order valence-electron chi connectivity index (χ1n) is 5.99. The fourth-order valence-corrected chi connectivity index (χ4v) is 2.22. The van der Waals surface area contributed by atoms with Crippen molar-refractivity contribution in [1.29, 1.82) is 0 Å². The Kier molecular flexibility index (Phi) is 3.23. The summed E-state index contributed by atoms with van der Waals surface area (Å²) in [5.74, 6) is -1.46. The number of rotatable bonds is 3. The maximum absolute atomic E-state index is 13.0. The highest BCUT2D eigenvalue weighted by Crippen LogP contribution is 2.28. The molecule has 5 nitrogen and oxygen atoms in total. The molecule has 0 saturated heterocycles. The van der Waals surface area contributed by atoms with E-state index in [1.54, 1.807) is 24.4 Å². The smallest absolute Gasteiger partial charge is 0.356 e. The number of aromatic nitrogens is 2. The number of anilines is 2. The molecule has 0 atom stereocenters. The lowest BCUT2D eigenvalue weighted by atomic mass is 10.3. The van der Waals surface area contributed by atoms with Crippen LogP contribution in [0.3, 0.4) is 0 Å². The van der Waals surface area contributed by atoms with Crippen molar-refractivity contribution in [2.45, 2.75) is 0 Å². The first kappa shape index (κ1) is 13.4. The number of carboxylic acids is 1. The van der Waals surface area contributed by atoms with Gasteiger partial charge in [-0.1, -0.05) is 17.7 Å². The highest BCUT2D eigenvalue weighted by Gasteiger charge is 2.19. The zero-order chi connectivity index (χ0) is 15.0. The number of fused-ring (bicyclic) bond motifs is 1. The third-order valence-corrected chi connectivity index (χ3v) is 3.23. The molecule has 2 heterocycles. The molecule has 0 radical (unpaired) electrons. The molecule has 2 N–H and O–H groups in total. The Labute approximate surface area is 123 Å². The van der Waals surface area contributed by atoms with Crippen molar-refractivity contribution in [2.24, 2.45) is 0 Å². The van der Waals surface area contributed by atoms with Crippen LogP contribution < -0.4 is 5.32 Å². The second kappa shape index (κ2) is 5.06. The van der Waals surface area contributed by atoms with Crippen LogP contribution in [-0.4, -0.2) is 20.5 Å². The first-order valence-corrected chi connectivity index (χ1v) is 6.36. The third kappa shape index (κ3) is 2.41. The van der Waals surface area contributed by atoms with Gasteiger partial charge >= 0.3 is 5.97 Å². The molecule has 0 amide bonds. The molecule has 2 aromatic heterocycles. The number of pyridine rings is 1. The van der Waals surface area contributed by atoms with E-state index >= 15 is 0 Å². The van der Waals surface area contributed by atoms with Crippen LogP contribution in [0, 0.1) is 5.82 Å². The number of nitrogens with zero attached hydrogens (tertiary/aromatic N) is 2. The Morgan fingerprint density at radius 1 is 1.33 bits per heavy atom. The number of aromatic carboxylic acids is 1. The largest absolute Gasteiger partial charge is 0.476 e. The lowest BCUT2D eigenvalue weighted by Gasteiger charge is -2.06. The number of imidazole rings is 1. The van der Waals surface area contributed by atoms with Crippen LogP contribution in [0.15, 0.2) is 42.6 Å². The molecule has 0 aliphatic rings. The molecule has 3 rings (SSSR count). The van der Waals surface area contributed by atoms with Gasteiger partial charge in [-0.25, -0.2) is 14.2 Å². The Morgan fingerprint density at radius 2 is 2.14 bits per heavy atom. The van der Waals surface area contributed by atoms with Crippen molar-refractivity contribution in [2.75, 3.05) is 5.32 Å². The van der Waals surface area contributed by atoms with Crippen LogP contribution in [0.4, 0.5) is 15.9 Å². The molecule has 21 heavy (non-hydrogen) atoms. The molecule has 0 spiro atoms. The van der Waals surface area contributed by atoms with Gasteiger partial charge in [-0.2, -0.15) is 0 Å². The number of halogens is 2. The van der Waals surface area contributed by atoms with Crippen LogP contribution in [0.25, 0.3) is 5.65 Å². The summed E-state index contributed by atoms with van der Waals surface area (Å²) in [7, 11) is 0. The highest BCUT2D eigenvalue weighted by molar-refractivity contribution is 6.33. The SMILES string of the molecule is O=C(O)c1c(Nc2ccc(F)cc2Cl)nc2ccccn12. The second-order valence-electron chi connectivity index (χ2n) is 4.29. The average Bonchev–Trinajstić information content (AvgIpc) is 2.80. The Bertz CT molecular complexity index is 847. The van der Waals surface area contributed by atoms with Gasteiger partial charge in [0, 0.05) is 6.20 Å². The summed E-state index contributed by atoms with van der Waals surface area (Å²) in [6.45, 7) is 0. The van der Waals surface area contributed by atoms with Gasteiger partial charge < -0.3 is 10.4 Å². The van der Waals surface area contributed by atoms with Gasteiger partial charge in [0.05, 0.1) is 10.7 Å². The quantitative estimate of drug-likeness (QED) is 0.776. The summed E-state index contributed by atoms with van der Waals surface area (Å²) in [4.78, 5) is 15.6. The third-order valence-electron chi connectivity index (χ3n) is 2.92. The number of carboxylic acid groups (broad SMARTS) is 1. The zero-order valence-corrected chi connectivity index (χ0v) is 11.3. The van der Waals surface area contributed by atoms with E-state index in [1.807, 2.05) is 0 Å². The Morgan fingerprint density at radius 3 is 2.86 bits per heavy atom. The maximum atomic E-state index is 13.0. The van der Waals surface area contributed by atoms with Crippen molar-refractivity contribution < 1.29 is 14.3 Å². The standard InChI is InChI=1S/C14H9ClFN3O2/c15-9-7-8(16)4-5-10(9)17-13-12(14(20)21)19-6-2-1-3-11(19)18-13/h1-7,17H,(H,20,21). The number of carbonyl (C=O) groups is 1. The molecule has 0 saturated carbocycles. The van der Waals surface area contributed by atoms with Gasteiger partial charge in [-0.3, -0.25) is 4.40 Å². The number of hydrogen-bond acceptors (Lipinski definition) is 3. The van der Waals surface area contributed by atoms with Crippen LogP contribution in [0.2, 0.25) is 5.02 Å². The van der Waals surface area contributed by atoms with Crippen LogP contribution >= 0.6 is 11.6 Å². The minimum atomic E-state index is -1.13. The predicted molar refractivity (Wildman–Crippen MR) is 76.8 cm³/mol. The van der Waals surface area contributed by atoms with Gasteiger partial charge in [0.15, 0.2) is 11.5 Å². The van der Waals surface area contributed by atoms with Gasteiger partial charge in [-0.05, 0) is 30.3 Å². The van der Waals surface area contributed by atoms with Gasteiger partial charge in [-0.15, -0.1) is 0 Å². The number of nitrogens with one attached hydrogen (secondary N) is 1. The molecule has 0 bridgehead atoms. The lowest BCUT2D eigenvalue weighted by molar-refractivity contribution is 0.0690. The van der Waals surface area contributed by atoms with E-state index in [0.29, 0.717) is 11.3 Å². The molecule has 3 aromatic rings. The fraction of sp³-hybridized carbons (Fsp3) is 0. The van der Waals surface area contributed by atoms with Crippen LogP contribution in [0.5, 0.6) is 0 Å². The van der Waals surface area contributed by atoms with Crippen molar-refractivity contribution in [1.82, 2.24) is 9.38 Å². The van der Waals surface area contributed by atoms with Gasteiger partial charge in [0.25, 0.3) is 0 Å². The summed E-state index contributed by atoms with van der Waals surface area (Å²) < 4.78 is 14.5. The molecular formula is C14H9ClFN3O2. The van der Waals surface area contributed by atoms with Crippen LogP contribution in [-0.2, 0) is 0 Å². The van der Waals surface area contributed by atoms with E-state index in [0.717, 1.165) is 6.07 Å². The van der Waals surface area contributed by atoms with Crippen molar-refractivity contribution >= 4 is 34.7 Å². The van der Waals surface area contributed by atoms with E-state index in [2.05, 4.69) is 10.3 Å². The molecule has 0 fully saturated rings. The molecule has 106 valence electrons. The first-order chi connectivity index (χ1) is 10.1. The average molecular weight is 306 g/mol. The summed E-state index contributed by atoms with van der Waals surface area (Å²) in [5.41, 5.74) is 0.839. The molecular weight excluding hydrogens is 297 g/mol. The van der Waals surface area contributed by atoms with Gasteiger partial charge in [0.2, 0.25) is 0 Å². The molecule has 0 aliphatic carbocycles. The number of hydrogen-bond donors (Lipinski definition) is 2. The summed E-state index contributed by atoms with van der Waals surface area (Å²) >= 11 is 5.93. The Hall–Kier alpha value is -2.60. The minimum Gasteiger partial charge on any atom is -0.476 e. The second-order valence-corrected chi connectivity index (χ2v) is 4.70. The molecule has 0 unspecified atom stereocenters. The summed E-state index contributed by atoms with van der Waals surface area (Å²) in [6, 6.07) is 8.93. The van der Waals surface area contributed by atoms with Crippen molar-refractivity contribution in [3.05, 3.63) is 59.1 Å². The van der Waals surface area contributed by atoms with Crippen LogP contribution in [0.1, 0.15) is 10.5 Å². The van der Waals surface area contributed by atoms with E-state index in [1.165, 1.54) is 16.5 Å². The van der Waals surface area contributed by atoms with E-state index in [4.69, 9.17) is 11.6 Å². The Balaban J connectivity index is 2.12. The summed E-state index contributed by atoms with van der Waals surface area (Å²) in [6.07, 6.45) is 1.60. The predicted octanol–water partition coefficient (Wildman–Crippen LogP) is 3.57. The fourth-order valence-electron chi connectivity index (χ4n) is 2.01. The van der Waals surface area contributed by atoms with E-state index in [-0.39, 0.29) is 16.5 Å². The normalized spacial score (nSPS) is 10.8. The lowest BCUT2D eigenvalue weighted by Crippen LogP contribution is -2.05. The van der Waals surface area contributed by atoms with Crippen molar-refractivity contribution in [3.63, 3.8) is 0 Å². The van der Waals surface area contributed by atoms with Gasteiger partial charge in [0.1, 0.15) is 11.5 Å². The molecule has 1 aromatic carbocycles. The minimum absolute atomic E-state index is 0.0222. The zero-order valence-electron chi connectivity index (χ0n) is 10.5. The number of benzene rings is 1. The van der Waals surface area contributed by atoms with E-state index in [9.17, 15) is 14.3 Å². The molecule has 7 heteroatoms. The highest BCUT2D eigenvalue weighted by atomic mass is 35.5.